The Hall–Kier alpha value is -2.29. The summed E-state index contributed by atoms with van der Waals surface area (Å²) in [4.78, 5) is 14.3. The number of likely N-dealkylation sites (N-methyl/N-ethyl adjacent to an activating group) is 1. The van der Waals surface area contributed by atoms with Gasteiger partial charge in [0.15, 0.2) is 0 Å². The fourth-order valence-corrected chi connectivity index (χ4v) is 2.29. The number of carbonyl (C=O) groups is 1. The van der Waals surface area contributed by atoms with Crippen molar-refractivity contribution in [3.05, 3.63) is 59.7 Å². The van der Waals surface area contributed by atoms with E-state index in [1.165, 1.54) is 5.56 Å². The molecule has 2 aromatic rings. The molecule has 0 bridgehead atoms. The number of anilines is 2. The highest BCUT2D eigenvalue weighted by atomic mass is 16.2. The van der Waals surface area contributed by atoms with Crippen LogP contribution in [0.15, 0.2) is 48.5 Å². The van der Waals surface area contributed by atoms with Crippen LogP contribution in [-0.4, -0.2) is 19.0 Å². The quantitative estimate of drug-likeness (QED) is 0.905. The summed E-state index contributed by atoms with van der Waals surface area (Å²) in [7, 11) is 0. The summed E-state index contributed by atoms with van der Waals surface area (Å²) in [5, 5.41) is 2.98. The minimum Gasteiger partial charge on any atom is -0.362 e. The van der Waals surface area contributed by atoms with E-state index in [4.69, 9.17) is 0 Å². The van der Waals surface area contributed by atoms with E-state index in [1.807, 2.05) is 43.3 Å². The first-order valence-electron chi connectivity index (χ1n) is 7.27. The van der Waals surface area contributed by atoms with E-state index < -0.39 is 0 Å². The molecule has 0 saturated heterocycles. The summed E-state index contributed by atoms with van der Waals surface area (Å²) < 4.78 is 0. The number of nitrogens with zero attached hydrogens (tertiary/aromatic N) is 1. The van der Waals surface area contributed by atoms with Crippen LogP contribution in [0.2, 0.25) is 0 Å². The Morgan fingerprint density at radius 1 is 1.10 bits per heavy atom. The van der Waals surface area contributed by atoms with Gasteiger partial charge in [-0.1, -0.05) is 30.3 Å². The van der Waals surface area contributed by atoms with E-state index in [0.29, 0.717) is 6.54 Å². The molecule has 2 aromatic carbocycles. The Kier molecular flexibility index (Phi) is 4.99. The van der Waals surface area contributed by atoms with E-state index in [-0.39, 0.29) is 5.91 Å². The molecule has 0 spiro atoms. The molecule has 3 nitrogen and oxygen atoms in total. The molecule has 0 atom stereocenters. The predicted octanol–water partition coefficient (Wildman–Crippen LogP) is 3.77. The van der Waals surface area contributed by atoms with Crippen molar-refractivity contribution in [1.82, 2.24) is 0 Å². The lowest BCUT2D eigenvalue weighted by atomic mass is 10.2. The second-order valence-electron chi connectivity index (χ2n) is 5.22. The van der Waals surface area contributed by atoms with Gasteiger partial charge >= 0.3 is 0 Å². The zero-order chi connectivity index (χ0) is 15.2. The van der Waals surface area contributed by atoms with Crippen LogP contribution < -0.4 is 10.2 Å². The maximum atomic E-state index is 12.2. The van der Waals surface area contributed by atoms with Crippen molar-refractivity contribution in [1.29, 1.82) is 0 Å². The third-order valence-electron chi connectivity index (χ3n) is 3.50. The van der Waals surface area contributed by atoms with Crippen molar-refractivity contribution in [3.63, 3.8) is 0 Å². The number of nitrogens with one attached hydrogen (secondary N) is 1. The Morgan fingerprint density at radius 3 is 2.52 bits per heavy atom. The van der Waals surface area contributed by atoms with E-state index in [2.05, 4.69) is 36.2 Å². The molecule has 0 heterocycles. The van der Waals surface area contributed by atoms with Crippen LogP contribution in [0.5, 0.6) is 0 Å². The fraction of sp³-hybridized carbons (Fsp3) is 0.278. The van der Waals surface area contributed by atoms with Gasteiger partial charge in [-0.05, 0) is 50.1 Å². The number of para-hydroxylation sites is 1. The Balaban J connectivity index is 2.05. The Morgan fingerprint density at radius 2 is 1.86 bits per heavy atom. The van der Waals surface area contributed by atoms with E-state index in [9.17, 15) is 4.79 Å². The second kappa shape index (κ2) is 6.93. The molecule has 0 unspecified atom stereocenters. The normalized spacial score (nSPS) is 10.2. The van der Waals surface area contributed by atoms with Gasteiger partial charge in [0.1, 0.15) is 0 Å². The van der Waals surface area contributed by atoms with Crippen LogP contribution in [0.1, 0.15) is 18.1 Å². The van der Waals surface area contributed by atoms with Crippen molar-refractivity contribution < 1.29 is 4.79 Å². The van der Waals surface area contributed by atoms with Crippen LogP contribution in [0.3, 0.4) is 0 Å². The van der Waals surface area contributed by atoms with Crippen LogP contribution >= 0.6 is 0 Å². The highest BCUT2D eigenvalue weighted by Gasteiger charge is 2.11. The largest absolute Gasteiger partial charge is 0.362 e. The Bertz CT molecular complexity index is 622. The number of hydrogen-bond acceptors (Lipinski definition) is 2. The first-order valence-corrected chi connectivity index (χ1v) is 7.27. The molecular formula is C18H22N2O. The average molecular weight is 282 g/mol. The topological polar surface area (TPSA) is 32.3 Å². The van der Waals surface area contributed by atoms with E-state index >= 15 is 0 Å². The van der Waals surface area contributed by atoms with Crippen molar-refractivity contribution in [2.75, 3.05) is 23.3 Å². The molecule has 0 aliphatic rings. The molecule has 0 saturated carbocycles. The summed E-state index contributed by atoms with van der Waals surface area (Å²) in [5.41, 5.74) is 4.23. The minimum absolute atomic E-state index is 0.00709. The maximum Gasteiger partial charge on any atom is 0.243 e. The molecule has 0 aliphatic heterocycles. The van der Waals surface area contributed by atoms with Gasteiger partial charge in [0.2, 0.25) is 5.91 Å². The molecule has 1 N–H and O–H groups in total. The second-order valence-corrected chi connectivity index (χ2v) is 5.22. The summed E-state index contributed by atoms with van der Waals surface area (Å²) >= 11 is 0. The Labute approximate surface area is 126 Å². The van der Waals surface area contributed by atoms with Crippen LogP contribution in [-0.2, 0) is 4.79 Å². The highest BCUT2D eigenvalue weighted by Crippen LogP contribution is 2.17. The van der Waals surface area contributed by atoms with Gasteiger partial charge in [-0.25, -0.2) is 0 Å². The van der Waals surface area contributed by atoms with Gasteiger partial charge in [0.25, 0.3) is 0 Å². The maximum absolute atomic E-state index is 12.2. The lowest BCUT2D eigenvalue weighted by Crippen LogP contribution is -2.33. The van der Waals surface area contributed by atoms with Gasteiger partial charge in [-0.2, -0.15) is 0 Å². The average Bonchev–Trinajstić information content (AvgIpc) is 2.47. The SMILES string of the molecule is CCN(CC(=O)Nc1ccccc1C)c1cccc(C)c1. The van der Waals surface area contributed by atoms with Crippen molar-refractivity contribution in [2.45, 2.75) is 20.8 Å². The summed E-state index contributed by atoms with van der Waals surface area (Å²) in [6, 6.07) is 16.0. The molecule has 0 fully saturated rings. The number of rotatable bonds is 5. The van der Waals surface area contributed by atoms with Crippen LogP contribution in [0, 0.1) is 13.8 Å². The van der Waals surface area contributed by atoms with Gasteiger partial charge in [-0.15, -0.1) is 0 Å². The first-order chi connectivity index (χ1) is 10.1. The minimum atomic E-state index is 0.00709. The lowest BCUT2D eigenvalue weighted by Gasteiger charge is -2.23. The molecule has 0 radical (unpaired) electrons. The van der Waals surface area contributed by atoms with E-state index in [1.54, 1.807) is 0 Å². The zero-order valence-corrected chi connectivity index (χ0v) is 12.9. The smallest absolute Gasteiger partial charge is 0.243 e. The number of aryl methyl sites for hydroxylation is 2. The molecule has 3 heteroatoms. The summed E-state index contributed by atoms with van der Waals surface area (Å²) in [5.74, 6) is 0.00709. The molecule has 110 valence electrons. The van der Waals surface area contributed by atoms with Crippen molar-refractivity contribution in [2.24, 2.45) is 0 Å². The molecule has 2 rings (SSSR count). The predicted molar refractivity (Wildman–Crippen MR) is 88.9 cm³/mol. The van der Waals surface area contributed by atoms with Crippen molar-refractivity contribution >= 4 is 17.3 Å². The van der Waals surface area contributed by atoms with Gasteiger partial charge in [0, 0.05) is 17.9 Å². The number of hydrogen-bond donors (Lipinski definition) is 1. The molecule has 0 aromatic heterocycles. The van der Waals surface area contributed by atoms with Gasteiger partial charge in [-0.3, -0.25) is 4.79 Å². The standard InChI is InChI=1S/C18H22N2O/c1-4-20(16-10-7-8-14(2)12-16)13-18(21)19-17-11-6-5-9-15(17)3/h5-12H,4,13H2,1-3H3,(H,19,21). The fourth-order valence-electron chi connectivity index (χ4n) is 2.29. The molecular weight excluding hydrogens is 260 g/mol. The number of carbonyl (C=O) groups excluding carboxylic acids is 1. The van der Waals surface area contributed by atoms with Gasteiger partial charge in [0.05, 0.1) is 6.54 Å². The van der Waals surface area contributed by atoms with E-state index in [0.717, 1.165) is 23.5 Å². The van der Waals surface area contributed by atoms with Crippen LogP contribution in [0.25, 0.3) is 0 Å². The lowest BCUT2D eigenvalue weighted by molar-refractivity contribution is -0.115. The molecule has 21 heavy (non-hydrogen) atoms. The van der Waals surface area contributed by atoms with Gasteiger partial charge < -0.3 is 10.2 Å². The highest BCUT2D eigenvalue weighted by molar-refractivity contribution is 5.94. The molecule has 0 aliphatic carbocycles. The third kappa shape index (κ3) is 4.09. The summed E-state index contributed by atoms with van der Waals surface area (Å²) in [6.07, 6.45) is 0. The van der Waals surface area contributed by atoms with Crippen molar-refractivity contribution in [3.8, 4) is 0 Å². The number of amides is 1. The number of benzene rings is 2. The third-order valence-corrected chi connectivity index (χ3v) is 3.50. The monoisotopic (exact) mass is 282 g/mol. The molecule has 1 amide bonds. The zero-order valence-electron chi connectivity index (χ0n) is 12.9. The summed E-state index contributed by atoms with van der Waals surface area (Å²) in [6.45, 7) is 7.26. The first kappa shape index (κ1) is 15.1. The van der Waals surface area contributed by atoms with Crippen LogP contribution in [0.4, 0.5) is 11.4 Å².